The monoisotopic (exact) mass is 743 g/mol. The molecule has 0 bridgehead atoms. The van der Waals surface area contributed by atoms with Crippen LogP contribution >= 0.6 is 23.1 Å². The SMILES string of the molecule is CCCCCCCCNC(=O)c1cc[n+](CC2=C(C(=O)O)N3C(=O)[C@@H](NC(=O)/C(=N\OC)c4csc(N)n4)[C@H]3SC2)cc1.O=C([O-])C(F)(F)F. The minimum atomic E-state index is -5.19. The minimum Gasteiger partial charge on any atom is -0.542 e. The minimum absolute atomic E-state index is 0.106. The molecule has 1 saturated heterocycles. The van der Waals surface area contributed by atoms with Gasteiger partial charge in [0.2, 0.25) is 0 Å². The Morgan fingerprint density at radius 1 is 1.18 bits per heavy atom. The number of aromatic nitrogens is 2. The Labute approximate surface area is 292 Å². The van der Waals surface area contributed by atoms with Gasteiger partial charge in [0.15, 0.2) is 29.8 Å². The molecule has 2 aromatic rings. The van der Waals surface area contributed by atoms with E-state index in [0.29, 0.717) is 23.4 Å². The summed E-state index contributed by atoms with van der Waals surface area (Å²) in [6.07, 6.45) is 5.10. The van der Waals surface area contributed by atoms with Gasteiger partial charge in [0, 0.05) is 35.4 Å². The molecule has 272 valence electrons. The second-order valence-corrected chi connectivity index (χ2v) is 12.9. The average Bonchev–Trinajstić information content (AvgIpc) is 3.50. The highest BCUT2D eigenvalue weighted by Gasteiger charge is 2.54. The van der Waals surface area contributed by atoms with Crippen LogP contribution in [0.3, 0.4) is 0 Å². The number of fused-ring (bicyclic) bond motifs is 1. The highest BCUT2D eigenvalue weighted by Crippen LogP contribution is 2.40. The lowest BCUT2D eigenvalue weighted by Gasteiger charge is -2.49. The quantitative estimate of drug-likeness (QED) is 0.0668. The smallest absolute Gasteiger partial charge is 0.430 e. The Hall–Kier alpha value is -4.72. The summed E-state index contributed by atoms with van der Waals surface area (Å²) in [7, 11) is 1.28. The number of oxime groups is 1. The molecule has 2 atom stereocenters. The van der Waals surface area contributed by atoms with Crippen LogP contribution < -0.4 is 26.0 Å². The lowest BCUT2D eigenvalue weighted by atomic mass is 10.0. The van der Waals surface area contributed by atoms with Gasteiger partial charge >= 0.3 is 12.1 Å². The number of β-lactam (4-membered cyclic amide) rings is 1. The molecule has 0 spiro atoms. The van der Waals surface area contributed by atoms with Crippen LogP contribution in [0.15, 0.2) is 46.3 Å². The largest absolute Gasteiger partial charge is 0.542 e. The zero-order chi connectivity index (χ0) is 37.0. The first kappa shape index (κ1) is 39.7. The number of unbranched alkanes of at least 4 members (excludes halogenated alkanes) is 5. The van der Waals surface area contributed by atoms with Crippen molar-refractivity contribution in [3.63, 3.8) is 0 Å². The lowest BCUT2D eigenvalue weighted by Crippen LogP contribution is -2.71. The Bertz CT molecular complexity index is 1620. The molecular weight excluding hydrogens is 707 g/mol. The Balaban J connectivity index is 0.000000872. The fourth-order valence-corrected chi connectivity index (χ4v) is 6.73. The number of nitrogens with one attached hydrogen (secondary N) is 2. The van der Waals surface area contributed by atoms with Crippen molar-refractivity contribution in [1.82, 2.24) is 20.5 Å². The number of halogens is 3. The van der Waals surface area contributed by atoms with Crippen LogP contribution in [0.4, 0.5) is 18.3 Å². The number of nitrogens with zero attached hydrogens (tertiary/aromatic N) is 4. The third-order valence-electron chi connectivity index (χ3n) is 7.27. The molecule has 0 radical (unpaired) electrons. The predicted octanol–water partition coefficient (Wildman–Crippen LogP) is 1.19. The molecule has 0 aromatic carbocycles. The molecule has 15 nitrogen and oxygen atoms in total. The molecule has 4 rings (SSSR count). The number of nitrogen functional groups attached to an aromatic ring is 1. The number of hydrogen-bond donors (Lipinski definition) is 4. The van der Waals surface area contributed by atoms with Gasteiger partial charge in [-0.2, -0.15) is 13.2 Å². The molecule has 2 aliphatic rings. The van der Waals surface area contributed by atoms with Crippen molar-refractivity contribution in [2.24, 2.45) is 5.16 Å². The number of carbonyl (C=O) groups excluding carboxylic acids is 4. The summed E-state index contributed by atoms with van der Waals surface area (Å²) in [5.74, 6) is -5.30. The van der Waals surface area contributed by atoms with Crippen LogP contribution in [-0.2, 0) is 30.6 Å². The van der Waals surface area contributed by atoms with Crippen LogP contribution in [0.2, 0.25) is 0 Å². The summed E-state index contributed by atoms with van der Waals surface area (Å²) < 4.78 is 33.3. The second-order valence-electron chi connectivity index (χ2n) is 10.9. The summed E-state index contributed by atoms with van der Waals surface area (Å²) in [5.41, 5.74) is 6.67. The summed E-state index contributed by atoms with van der Waals surface area (Å²) in [6, 6.07) is 2.42. The zero-order valence-corrected chi connectivity index (χ0v) is 28.7. The van der Waals surface area contributed by atoms with Gasteiger partial charge < -0.3 is 36.2 Å². The number of thioether (sulfide) groups is 1. The number of alkyl halides is 3. The third kappa shape index (κ3) is 10.6. The molecule has 0 aliphatic carbocycles. The van der Waals surface area contributed by atoms with Gasteiger partial charge in [0.25, 0.3) is 17.7 Å². The van der Waals surface area contributed by atoms with Gasteiger partial charge in [-0.3, -0.25) is 19.3 Å². The first-order valence-corrected chi connectivity index (χ1v) is 17.2. The Morgan fingerprint density at radius 2 is 1.82 bits per heavy atom. The molecule has 0 unspecified atom stereocenters. The van der Waals surface area contributed by atoms with Crippen molar-refractivity contribution >= 4 is 63.6 Å². The number of rotatable bonds is 15. The number of aliphatic carboxylic acids is 2. The van der Waals surface area contributed by atoms with Crippen LogP contribution in [0.5, 0.6) is 0 Å². The molecule has 4 heterocycles. The Kier molecular flexibility index (Phi) is 14.6. The molecule has 5 N–H and O–H groups in total. The van der Waals surface area contributed by atoms with Gasteiger partial charge in [-0.05, 0) is 6.42 Å². The van der Waals surface area contributed by atoms with Crippen LogP contribution in [0.1, 0.15) is 61.5 Å². The molecule has 2 aromatic heterocycles. The van der Waals surface area contributed by atoms with Gasteiger partial charge in [-0.1, -0.05) is 44.2 Å². The number of pyridine rings is 1. The number of hydrogen-bond acceptors (Lipinski definition) is 12. The third-order valence-corrected chi connectivity index (χ3v) is 9.29. The van der Waals surface area contributed by atoms with Gasteiger partial charge in [-0.15, -0.1) is 23.1 Å². The maximum Gasteiger partial charge on any atom is 0.430 e. The molecule has 0 saturated carbocycles. The van der Waals surface area contributed by atoms with Crippen molar-refractivity contribution in [2.75, 3.05) is 25.1 Å². The lowest BCUT2D eigenvalue weighted by molar-refractivity contribution is -0.689. The first-order chi connectivity index (χ1) is 23.7. The average molecular weight is 744 g/mol. The molecule has 2 aliphatic heterocycles. The first-order valence-electron chi connectivity index (χ1n) is 15.3. The van der Waals surface area contributed by atoms with E-state index < -0.39 is 41.3 Å². The van der Waals surface area contributed by atoms with Gasteiger partial charge in [0.1, 0.15) is 35.9 Å². The van der Waals surface area contributed by atoms with E-state index >= 15 is 0 Å². The molecule has 3 amide bonds. The number of amides is 3. The van der Waals surface area contributed by atoms with E-state index in [9.17, 15) is 37.5 Å². The van der Waals surface area contributed by atoms with Crippen molar-refractivity contribution in [2.45, 2.75) is 69.6 Å². The number of carbonyl (C=O) groups is 5. The molecular formula is C30H36F3N7O8S2. The zero-order valence-electron chi connectivity index (χ0n) is 27.0. The maximum atomic E-state index is 13.1. The van der Waals surface area contributed by atoms with E-state index in [1.165, 1.54) is 49.5 Å². The van der Waals surface area contributed by atoms with Crippen molar-refractivity contribution in [1.29, 1.82) is 0 Å². The van der Waals surface area contributed by atoms with Crippen LogP contribution in [-0.4, -0.2) is 87.4 Å². The van der Waals surface area contributed by atoms with Crippen LogP contribution in [0, 0.1) is 0 Å². The number of thiazole rings is 1. The van der Waals surface area contributed by atoms with Crippen LogP contribution in [0.25, 0.3) is 0 Å². The summed E-state index contributed by atoms with van der Waals surface area (Å²) in [5, 5.41) is 29.3. The van der Waals surface area contributed by atoms with E-state index in [4.69, 9.17) is 20.5 Å². The molecule has 50 heavy (non-hydrogen) atoms. The topological polar surface area (TPSA) is 220 Å². The van der Waals surface area contributed by atoms with Crippen molar-refractivity contribution in [3.05, 3.63) is 52.4 Å². The van der Waals surface area contributed by atoms with E-state index in [2.05, 4.69) is 27.7 Å². The molecule has 20 heteroatoms. The summed E-state index contributed by atoms with van der Waals surface area (Å²) in [6.45, 7) is 3.02. The number of carboxylic acid groups (broad SMARTS) is 2. The highest BCUT2D eigenvalue weighted by molar-refractivity contribution is 8.00. The Morgan fingerprint density at radius 3 is 2.38 bits per heavy atom. The van der Waals surface area contributed by atoms with E-state index in [1.807, 2.05) is 0 Å². The molecule has 1 fully saturated rings. The number of carboxylic acids is 2. The fraction of sp³-hybridized carbons (Fsp3) is 0.467. The van der Waals surface area contributed by atoms with E-state index in [1.54, 1.807) is 34.5 Å². The van der Waals surface area contributed by atoms with Crippen molar-refractivity contribution in [3.8, 4) is 0 Å². The number of anilines is 1. The summed E-state index contributed by atoms with van der Waals surface area (Å²) in [4.78, 5) is 69.6. The predicted molar refractivity (Wildman–Crippen MR) is 173 cm³/mol. The highest BCUT2D eigenvalue weighted by atomic mass is 32.2. The number of nitrogens with two attached hydrogens (primary N) is 1. The van der Waals surface area contributed by atoms with Crippen molar-refractivity contribution < 1.29 is 56.8 Å². The standard InChI is InChI=1S/C28H35N7O6S2.C2HF3O2/c1-3-4-5-6-7-8-11-30-23(36)17-9-12-34(13-10-17)14-18-15-42-26-21(25(38)35(26)22(18)27(39)40)32-24(37)20(33-41-2)19-16-43-28(29)31-19;3-2(4,5)1(6)7/h9-10,12-13,16,21,26H,3-8,11,14-15H2,1-2H3,(H4-,29,30,31,32,36,37,39,40);(H,6,7)/b33-20-;/t21-,26-;/m1./s1. The maximum absolute atomic E-state index is 13.1. The van der Waals surface area contributed by atoms with Gasteiger partial charge in [-0.25, -0.2) is 14.3 Å². The fourth-order valence-electron chi connectivity index (χ4n) is 4.85. The second kappa shape index (κ2) is 18.3. The normalized spacial score (nSPS) is 17.2. The van der Waals surface area contributed by atoms with E-state index in [-0.39, 0.29) is 34.7 Å². The summed E-state index contributed by atoms with van der Waals surface area (Å²) >= 11 is 2.48. The van der Waals surface area contributed by atoms with E-state index in [0.717, 1.165) is 24.2 Å². The van der Waals surface area contributed by atoms with Gasteiger partial charge in [0.05, 0.1) is 5.56 Å².